The van der Waals surface area contributed by atoms with E-state index in [1.54, 1.807) is 38.5 Å². The van der Waals surface area contributed by atoms with Gasteiger partial charge < -0.3 is 24.4 Å². The summed E-state index contributed by atoms with van der Waals surface area (Å²) in [4.78, 5) is 32.6. The van der Waals surface area contributed by atoms with Crippen molar-refractivity contribution in [2.24, 2.45) is 4.99 Å². The van der Waals surface area contributed by atoms with Crippen molar-refractivity contribution in [1.82, 2.24) is 4.90 Å². The Labute approximate surface area is 208 Å². The second kappa shape index (κ2) is 10.7. The van der Waals surface area contributed by atoms with Gasteiger partial charge in [-0.2, -0.15) is 0 Å². The summed E-state index contributed by atoms with van der Waals surface area (Å²) < 4.78 is 15.8. The number of rotatable bonds is 8. The largest absolute Gasteiger partial charge is 0.497 e. The van der Waals surface area contributed by atoms with E-state index < -0.39 is 12.0 Å². The van der Waals surface area contributed by atoms with E-state index in [1.165, 1.54) is 18.9 Å². The van der Waals surface area contributed by atoms with Crippen molar-refractivity contribution in [1.29, 1.82) is 0 Å². The number of nitrogens with zero attached hydrogens (tertiary/aromatic N) is 2. The molecule has 0 fully saturated rings. The number of ether oxygens (including phenoxy) is 3. The fraction of sp³-hybridized carbons (Fsp3) is 0.269. The highest BCUT2D eigenvalue weighted by atomic mass is 32.2. The zero-order valence-corrected chi connectivity index (χ0v) is 20.8. The number of benzene rings is 2. The fourth-order valence-electron chi connectivity index (χ4n) is 4.08. The first kappa shape index (κ1) is 24.4. The van der Waals surface area contributed by atoms with Gasteiger partial charge in [0.15, 0.2) is 5.17 Å². The molecule has 0 radical (unpaired) electrons. The Balaban J connectivity index is 1.67. The number of amides is 1. The number of carbonyl (C=O) groups is 2. The first-order valence-corrected chi connectivity index (χ1v) is 12.0. The predicted octanol–water partition coefficient (Wildman–Crippen LogP) is 4.87. The van der Waals surface area contributed by atoms with Crippen LogP contribution in [0.4, 0.5) is 5.69 Å². The Bertz CT molecular complexity index is 1220. The van der Waals surface area contributed by atoms with Gasteiger partial charge in [-0.3, -0.25) is 4.79 Å². The van der Waals surface area contributed by atoms with Gasteiger partial charge >= 0.3 is 5.97 Å². The fourth-order valence-corrected chi connectivity index (χ4v) is 5.02. The van der Waals surface area contributed by atoms with Crippen LogP contribution in [0.25, 0.3) is 0 Å². The van der Waals surface area contributed by atoms with Crippen LogP contribution in [0, 0.1) is 0 Å². The zero-order valence-electron chi connectivity index (χ0n) is 20.0. The average molecular weight is 494 g/mol. The molecule has 4 rings (SSSR count). The van der Waals surface area contributed by atoms with Crippen molar-refractivity contribution < 1.29 is 23.8 Å². The minimum Gasteiger partial charge on any atom is -0.497 e. The van der Waals surface area contributed by atoms with Gasteiger partial charge in [0.2, 0.25) is 5.91 Å². The number of nitrogens with one attached hydrogen (secondary N) is 1. The monoisotopic (exact) mass is 493 g/mol. The topological polar surface area (TPSA) is 89.5 Å². The molecule has 0 saturated heterocycles. The summed E-state index contributed by atoms with van der Waals surface area (Å²) in [5.74, 6) is 0.750. The van der Waals surface area contributed by atoms with Crippen LogP contribution in [-0.4, -0.2) is 43.3 Å². The van der Waals surface area contributed by atoms with Crippen LogP contribution in [0.1, 0.15) is 31.4 Å². The van der Waals surface area contributed by atoms with Crippen LogP contribution < -0.4 is 14.8 Å². The Hall–Kier alpha value is -3.72. The molecular weight excluding hydrogens is 466 g/mol. The number of esters is 1. The maximum atomic E-state index is 13.0. The van der Waals surface area contributed by atoms with Gasteiger partial charge in [0.1, 0.15) is 11.5 Å². The maximum absolute atomic E-state index is 13.0. The van der Waals surface area contributed by atoms with E-state index in [9.17, 15) is 9.59 Å². The van der Waals surface area contributed by atoms with Crippen molar-refractivity contribution >= 4 is 34.5 Å². The van der Waals surface area contributed by atoms with Crippen molar-refractivity contribution in [2.75, 3.05) is 26.6 Å². The van der Waals surface area contributed by atoms with Crippen molar-refractivity contribution in [2.45, 2.75) is 25.8 Å². The third-order valence-electron chi connectivity index (χ3n) is 5.75. The Morgan fingerprint density at radius 1 is 1.06 bits per heavy atom. The number of fused-ring (bicyclic) bond motifs is 1. The summed E-state index contributed by atoms with van der Waals surface area (Å²) in [6.45, 7) is 1.96. The van der Waals surface area contributed by atoms with Gasteiger partial charge in [-0.15, -0.1) is 0 Å². The molecule has 1 atom stereocenters. The van der Waals surface area contributed by atoms with Gasteiger partial charge in [-0.05, 0) is 53.8 Å². The third kappa shape index (κ3) is 5.05. The second-order valence-corrected chi connectivity index (χ2v) is 8.67. The van der Waals surface area contributed by atoms with E-state index in [-0.39, 0.29) is 12.3 Å². The molecule has 1 N–H and O–H groups in total. The first-order chi connectivity index (χ1) is 17.0. The zero-order chi connectivity index (χ0) is 24.9. The molecule has 0 aliphatic carbocycles. The van der Waals surface area contributed by atoms with Gasteiger partial charge in [-0.25, -0.2) is 9.79 Å². The molecular formula is C26H27N3O5S. The van der Waals surface area contributed by atoms with Gasteiger partial charge in [0, 0.05) is 11.4 Å². The Morgan fingerprint density at radius 2 is 1.80 bits per heavy atom. The van der Waals surface area contributed by atoms with E-state index >= 15 is 0 Å². The number of carbonyl (C=O) groups excluding carboxylic acids is 2. The number of allylic oxidation sites excluding steroid dienone is 1. The summed E-state index contributed by atoms with van der Waals surface area (Å²) in [6, 6.07) is 14.2. The lowest BCUT2D eigenvalue weighted by Crippen LogP contribution is -2.37. The molecule has 0 aromatic heterocycles. The number of hydrogen-bond donors (Lipinski definition) is 1. The molecule has 9 heteroatoms. The standard InChI is InChI=1S/C26H27N3O5S/c1-5-21-23(25(31)34-4)24(16-7-6-8-20(13-16)33-3)29-18(15-35-26(29)28-21)14-22(30)27-17-9-11-19(32-2)12-10-17/h6-13,15,24H,5,14H2,1-4H3,(H,27,30). The number of thioether (sulfide) groups is 1. The number of aliphatic imine (C=N–C) groups is 1. The summed E-state index contributed by atoms with van der Waals surface area (Å²) in [6.07, 6.45) is 0.671. The molecule has 182 valence electrons. The Kier molecular flexibility index (Phi) is 7.45. The van der Waals surface area contributed by atoms with Crippen molar-refractivity contribution in [3.63, 3.8) is 0 Å². The van der Waals surface area contributed by atoms with E-state index in [0.717, 1.165) is 16.4 Å². The molecule has 2 aliphatic heterocycles. The molecule has 1 amide bonds. The highest BCUT2D eigenvalue weighted by Crippen LogP contribution is 2.45. The molecule has 0 saturated carbocycles. The van der Waals surface area contributed by atoms with E-state index in [0.29, 0.717) is 34.9 Å². The molecule has 0 bridgehead atoms. The van der Waals surface area contributed by atoms with Crippen LogP contribution in [0.15, 0.2) is 75.9 Å². The van der Waals surface area contributed by atoms with Crippen LogP contribution in [0.3, 0.4) is 0 Å². The van der Waals surface area contributed by atoms with Crippen molar-refractivity contribution in [3.8, 4) is 11.5 Å². The van der Waals surface area contributed by atoms with E-state index in [2.05, 4.69) is 5.32 Å². The summed E-state index contributed by atoms with van der Waals surface area (Å²) in [7, 11) is 4.56. The second-order valence-electron chi connectivity index (χ2n) is 7.83. The Morgan fingerprint density at radius 3 is 2.46 bits per heavy atom. The number of amidine groups is 1. The number of anilines is 1. The lowest BCUT2D eigenvalue weighted by molar-refractivity contribution is -0.136. The molecule has 0 spiro atoms. The number of methoxy groups -OCH3 is 3. The predicted molar refractivity (Wildman–Crippen MR) is 136 cm³/mol. The summed E-state index contributed by atoms with van der Waals surface area (Å²) in [5.41, 5.74) is 3.37. The summed E-state index contributed by atoms with van der Waals surface area (Å²) >= 11 is 1.44. The van der Waals surface area contributed by atoms with Crippen LogP contribution in [0.2, 0.25) is 0 Å². The maximum Gasteiger partial charge on any atom is 0.338 e. The van der Waals surface area contributed by atoms with Crippen molar-refractivity contribution in [3.05, 3.63) is 76.5 Å². The van der Waals surface area contributed by atoms with Gasteiger partial charge in [0.25, 0.3) is 0 Å². The molecule has 2 aliphatic rings. The van der Waals surface area contributed by atoms with Crippen LogP contribution >= 0.6 is 11.8 Å². The highest BCUT2D eigenvalue weighted by Gasteiger charge is 2.41. The third-order valence-corrected chi connectivity index (χ3v) is 6.64. The molecule has 2 aromatic rings. The minimum atomic E-state index is -0.505. The van der Waals surface area contributed by atoms with Crippen LogP contribution in [-0.2, 0) is 14.3 Å². The molecule has 1 unspecified atom stereocenters. The lowest BCUT2D eigenvalue weighted by Gasteiger charge is -2.36. The smallest absolute Gasteiger partial charge is 0.338 e. The lowest BCUT2D eigenvalue weighted by atomic mass is 9.92. The van der Waals surface area contributed by atoms with Gasteiger partial charge in [-0.1, -0.05) is 30.8 Å². The molecule has 2 aromatic carbocycles. The van der Waals surface area contributed by atoms with E-state index in [1.807, 2.05) is 41.5 Å². The molecule has 2 heterocycles. The summed E-state index contributed by atoms with van der Waals surface area (Å²) in [5, 5.41) is 5.55. The SMILES string of the molecule is CCC1=C(C(=O)OC)C(c2cccc(OC)c2)N2C(CC(=O)Nc3ccc(OC)cc3)=CSC2=N1. The minimum absolute atomic E-state index is 0.106. The van der Waals surface area contributed by atoms with Gasteiger partial charge in [0.05, 0.1) is 45.1 Å². The van der Waals surface area contributed by atoms with Crippen LogP contribution in [0.5, 0.6) is 11.5 Å². The highest BCUT2D eigenvalue weighted by molar-refractivity contribution is 8.16. The normalized spacial score (nSPS) is 16.8. The average Bonchev–Trinajstić information content (AvgIpc) is 3.29. The van der Waals surface area contributed by atoms with E-state index in [4.69, 9.17) is 19.2 Å². The molecule has 35 heavy (non-hydrogen) atoms. The molecule has 8 nitrogen and oxygen atoms in total. The number of hydrogen-bond acceptors (Lipinski definition) is 8. The first-order valence-electron chi connectivity index (χ1n) is 11.1. The quantitative estimate of drug-likeness (QED) is 0.525.